The molecular formula is C21H26FN. The number of nitrogens with zero attached hydrogens (tertiary/aromatic N) is 1. The SMILES string of the molecule is F[C@@]1(Cc2ccccc2)CCCCCN(Cc2ccccc2)C1. The Morgan fingerprint density at radius 2 is 1.48 bits per heavy atom. The van der Waals surface area contributed by atoms with Crippen LogP contribution in [0.5, 0.6) is 0 Å². The van der Waals surface area contributed by atoms with Crippen molar-refractivity contribution >= 4 is 0 Å². The van der Waals surface area contributed by atoms with Crippen LogP contribution in [-0.4, -0.2) is 23.7 Å². The molecule has 1 heterocycles. The molecule has 2 aromatic carbocycles. The van der Waals surface area contributed by atoms with Crippen LogP contribution in [0.4, 0.5) is 4.39 Å². The van der Waals surface area contributed by atoms with E-state index >= 15 is 4.39 Å². The van der Waals surface area contributed by atoms with Crippen molar-refractivity contribution in [3.8, 4) is 0 Å². The zero-order valence-corrected chi connectivity index (χ0v) is 13.8. The highest BCUT2D eigenvalue weighted by Crippen LogP contribution is 2.29. The molecule has 0 saturated carbocycles. The molecule has 0 aliphatic carbocycles. The lowest BCUT2D eigenvalue weighted by molar-refractivity contribution is 0.0652. The molecule has 2 aromatic rings. The minimum Gasteiger partial charge on any atom is -0.296 e. The van der Waals surface area contributed by atoms with Crippen LogP contribution < -0.4 is 0 Å². The minimum absolute atomic E-state index is 0.527. The molecule has 122 valence electrons. The van der Waals surface area contributed by atoms with Gasteiger partial charge in [0.05, 0.1) is 0 Å². The van der Waals surface area contributed by atoms with Gasteiger partial charge in [-0.1, -0.05) is 73.5 Å². The zero-order valence-electron chi connectivity index (χ0n) is 13.8. The number of hydrogen-bond acceptors (Lipinski definition) is 1. The lowest BCUT2D eigenvalue weighted by atomic mass is 9.88. The Bertz CT molecular complexity index is 583. The number of rotatable bonds is 4. The summed E-state index contributed by atoms with van der Waals surface area (Å²) in [6, 6.07) is 20.5. The average Bonchev–Trinajstić information content (AvgIpc) is 2.54. The predicted octanol–water partition coefficient (Wildman–Crippen LogP) is 5.01. The van der Waals surface area contributed by atoms with Gasteiger partial charge in [-0.25, -0.2) is 4.39 Å². The fourth-order valence-corrected chi connectivity index (χ4v) is 3.60. The number of hydrogen-bond donors (Lipinski definition) is 0. The molecule has 1 atom stereocenters. The van der Waals surface area contributed by atoms with Crippen molar-refractivity contribution in [3.63, 3.8) is 0 Å². The van der Waals surface area contributed by atoms with Crippen LogP contribution in [0.1, 0.15) is 36.8 Å². The molecule has 0 radical (unpaired) electrons. The fraction of sp³-hybridized carbons (Fsp3) is 0.429. The normalized spacial score (nSPS) is 23.2. The highest BCUT2D eigenvalue weighted by Gasteiger charge is 2.33. The Morgan fingerprint density at radius 1 is 0.826 bits per heavy atom. The molecule has 0 N–H and O–H groups in total. The number of halogens is 1. The third-order valence-electron chi connectivity index (χ3n) is 4.72. The van der Waals surface area contributed by atoms with Gasteiger partial charge in [-0.3, -0.25) is 4.90 Å². The zero-order chi connectivity index (χ0) is 16.0. The molecule has 1 aliphatic rings. The molecule has 23 heavy (non-hydrogen) atoms. The average molecular weight is 311 g/mol. The van der Waals surface area contributed by atoms with E-state index in [0.717, 1.165) is 31.5 Å². The van der Waals surface area contributed by atoms with E-state index in [0.29, 0.717) is 19.4 Å². The first-order valence-corrected chi connectivity index (χ1v) is 8.73. The summed E-state index contributed by atoms with van der Waals surface area (Å²) in [5, 5.41) is 0. The number of likely N-dealkylation sites (tertiary alicyclic amines) is 1. The summed E-state index contributed by atoms with van der Waals surface area (Å²) in [4.78, 5) is 2.30. The first-order chi connectivity index (χ1) is 11.2. The Kier molecular flexibility index (Phi) is 5.45. The van der Waals surface area contributed by atoms with Gasteiger partial charge in [0.2, 0.25) is 0 Å². The Balaban J connectivity index is 1.70. The van der Waals surface area contributed by atoms with Gasteiger partial charge in [-0.15, -0.1) is 0 Å². The van der Waals surface area contributed by atoms with Crippen LogP contribution in [0.15, 0.2) is 60.7 Å². The second-order valence-electron chi connectivity index (χ2n) is 6.82. The van der Waals surface area contributed by atoms with Crippen molar-refractivity contribution in [1.82, 2.24) is 4.90 Å². The lowest BCUT2D eigenvalue weighted by Crippen LogP contribution is -2.42. The monoisotopic (exact) mass is 311 g/mol. The van der Waals surface area contributed by atoms with Gasteiger partial charge in [0.1, 0.15) is 5.67 Å². The van der Waals surface area contributed by atoms with E-state index in [9.17, 15) is 0 Å². The van der Waals surface area contributed by atoms with E-state index in [4.69, 9.17) is 0 Å². The molecule has 1 nitrogen and oxygen atoms in total. The maximum atomic E-state index is 15.6. The van der Waals surface area contributed by atoms with Gasteiger partial charge < -0.3 is 0 Å². The summed E-state index contributed by atoms with van der Waals surface area (Å²) < 4.78 is 15.6. The van der Waals surface area contributed by atoms with E-state index < -0.39 is 5.67 Å². The van der Waals surface area contributed by atoms with Crippen molar-refractivity contribution in [2.45, 2.75) is 44.3 Å². The minimum atomic E-state index is -1.11. The van der Waals surface area contributed by atoms with Gasteiger partial charge in [0.25, 0.3) is 0 Å². The third-order valence-corrected chi connectivity index (χ3v) is 4.72. The van der Waals surface area contributed by atoms with Crippen LogP contribution in [0.2, 0.25) is 0 Å². The van der Waals surface area contributed by atoms with E-state index in [1.54, 1.807) is 0 Å². The van der Waals surface area contributed by atoms with Crippen LogP contribution >= 0.6 is 0 Å². The summed E-state index contributed by atoms with van der Waals surface area (Å²) in [6.45, 7) is 2.38. The maximum Gasteiger partial charge on any atom is 0.127 e. The molecule has 1 aliphatic heterocycles. The molecule has 0 spiro atoms. The summed E-state index contributed by atoms with van der Waals surface area (Å²) in [6.07, 6.45) is 4.51. The van der Waals surface area contributed by atoms with E-state index in [1.807, 2.05) is 36.4 Å². The van der Waals surface area contributed by atoms with Crippen molar-refractivity contribution in [1.29, 1.82) is 0 Å². The largest absolute Gasteiger partial charge is 0.296 e. The summed E-state index contributed by atoms with van der Waals surface area (Å²) in [5.74, 6) is 0. The van der Waals surface area contributed by atoms with Crippen LogP contribution in [0.25, 0.3) is 0 Å². The summed E-state index contributed by atoms with van der Waals surface area (Å²) in [7, 11) is 0. The van der Waals surface area contributed by atoms with Gasteiger partial charge in [-0.2, -0.15) is 0 Å². The molecule has 0 aromatic heterocycles. The van der Waals surface area contributed by atoms with Gasteiger partial charge in [0, 0.05) is 19.5 Å². The topological polar surface area (TPSA) is 3.24 Å². The fourth-order valence-electron chi connectivity index (χ4n) is 3.60. The Morgan fingerprint density at radius 3 is 2.17 bits per heavy atom. The summed E-state index contributed by atoms with van der Waals surface area (Å²) >= 11 is 0. The summed E-state index contributed by atoms with van der Waals surface area (Å²) in [5.41, 5.74) is 1.27. The molecule has 3 rings (SSSR count). The molecule has 1 saturated heterocycles. The quantitative estimate of drug-likeness (QED) is 0.767. The molecule has 0 bridgehead atoms. The van der Waals surface area contributed by atoms with Crippen LogP contribution in [0.3, 0.4) is 0 Å². The first-order valence-electron chi connectivity index (χ1n) is 8.73. The third kappa shape index (κ3) is 4.90. The molecule has 0 amide bonds. The van der Waals surface area contributed by atoms with Crippen molar-refractivity contribution < 1.29 is 4.39 Å². The van der Waals surface area contributed by atoms with Gasteiger partial charge in [-0.05, 0) is 30.5 Å². The number of benzene rings is 2. The maximum absolute atomic E-state index is 15.6. The predicted molar refractivity (Wildman–Crippen MR) is 94.2 cm³/mol. The Hall–Kier alpha value is -1.67. The Labute approximate surface area is 139 Å². The van der Waals surface area contributed by atoms with Gasteiger partial charge in [0.15, 0.2) is 0 Å². The molecule has 2 heteroatoms. The van der Waals surface area contributed by atoms with Crippen LogP contribution in [-0.2, 0) is 13.0 Å². The highest BCUT2D eigenvalue weighted by atomic mass is 19.1. The van der Waals surface area contributed by atoms with Gasteiger partial charge >= 0.3 is 0 Å². The second-order valence-corrected chi connectivity index (χ2v) is 6.82. The highest BCUT2D eigenvalue weighted by molar-refractivity contribution is 5.18. The van der Waals surface area contributed by atoms with E-state index in [-0.39, 0.29) is 0 Å². The smallest absolute Gasteiger partial charge is 0.127 e. The molecule has 0 unspecified atom stereocenters. The first kappa shape index (κ1) is 16.2. The van der Waals surface area contributed by atoms with Crippen LogP contribution in [0, 0.1) is 0 Å². The lowest BCUT2D eigenvalue weighted by Gasteiger charge is -2.35. The van der Waals surface area contributed by atoms with Crippen molar-refractivity contribution in [3.05, 3.63) is 71.8 Å². The second kappa shape index (κ2) is 7.74. The van der Waals surface area contributed by atoms with Crippen molar-refractivity contribution in [2.24, 2.45) is 0 Å². The van der Waals surface area contributed by atoms with E-state index in [2.05, 4.69) is 29.2 Å². The standard InChI is InChI=1S/C21H26FN/c22-21(16-19-10-4-1-5-11-19)14-8-3-9-15-23(18-21)17-20-12-6-2-7-13-20/h1-2,4-7,10-13H,3,8-9,14-18H2/t21-/m1/s1. The molecule has 1 fully saturated rings. The number of alkyl halides is 1. The van der Waals surface area contributed by atoms with E-state index in [1.165, 1.54) is 12.0 Å². The molecular weight excluding hydrogens is 285 g/mol. The van der Waals surface area contributed by atoms with Crippen molar-refractivity contribution in [2.75, 3.05) is 13.1 Å².